The van der Waals surface area contributed by atoms with Crippen LogP contribution in [0.5, 0.6) is 0 Å². The molecule has 1 amide bonds. The average molecular weight is 257 g/mol. The van der Waals surface area contributed by atoms with Crippen molar-refractivity contribution in [3.8, 4) is 0 Å². The van der Waals surface area contributed by atoms with Crippen LogP contribution in [0.1, 0.15) is 48.0 Å². The highest BCUT2D eigenvalue weighted by Gasteiger charge is 2.21. The minimum atomic E-state index is -0.654. The first-order chi connectivity index (χ1) is 8.21. The van der Waals surface area contributed by atoms with Crippen molar-refractivity contribution >= 4 is 12.1 Å². The summed E-state index contributed by atoms with van der Waals surface area (Å²) < 4.78 is 9.99. The van der Waals surface area contributed by atoms with Gasteiger partial charge in [0.1, 0.15) is 11.3 Å². The molecule has 5 heteroatoms. The molecular weight excluding hydrogens is 234 g/mol. The van der Waals surface area contributed by atoms with Gasteiger partial charge in [0.15, 0.2) is 0 Å². The molecule has 0 fully saturated rings. The van der Waals surface area contributed by atoms with Crippen LogP contribution in [0.15, 0.2) is 11.3 Å². The lowest BCUT2D eigenvalue weighted by Crippen LogP contribution is -2.35. The standard InChI is InChI=1S/C13H23NO4/c1-7-9(3)10(11(15)17-8-2)14-12(16)18-13(4,5)6/h7-8H2,1-6H3,(H,14,16)/b10-9-. The van der Waals surface area contributed by atoms with Crippen LogP contribution in [0.4, 0.5) is 4.79 Å². The Bertz CT molecular complexity index is 339. The SMILES string of the molecule is CCOC(=O)/C(NC(=O)OC(C)(C)C)=C(\C)CC. The van der Waals surface area contributed by atoms with Crippen LogP contribution < -0.4 is 5.32 Å². The normalized spacial score (nSPS) is 12.6. The van der Waals surface area contributed by atoms with E-state index >= 15 is 0 Å². The van der Waals surface area contributed by atoms with Gasteiger partial charge < -0.3 is 9.47 Å². The van der Waals surface area contributed by atoms with Crippen LogP contribution in [0, 0.1) is 0 Å². The Morgan fingerprint density at radius 2 is 1.72 bits per heavy atom. The molecule has 0 radical (unpaired) electrons. The Labute approximate surface area is 109 Å². The summed E-state index contributed by atoms with van der Waals surface area (Å²) in [6, 6.07) is 0. The quantitative estimate of drug-likeness (QED) is 0.621. The van der Waals surface area contributed by atoms with Crippen molar-refractivity contribution in [1.29, 1.82) is 0 Å². The number of hydrogen-bond acceptors (Lipinski definition) is 4. The largest absolute Gasteiger partial charge is 0.461 e. The van der Waals surface area contributed by atoms with E-state index in [-0.39, 0.29) is 12.3 Å². The molecule has 0 aromatic heterocycles. The van der Waals surface area contributed by atoms with Gasteiger partial charge in [-0.25, -0.2) is 9.59 Å². The molecule has 0 aliphatic carbocycles. The van der Waals surface area contributed by atoms with Crippen LogP contribution >= 0.6 is 0 Å². The molecule has 0 atom stereocenters. The minimum absolute atomic E-state index is 0.161. The predicted octanol–water partition coefficient (Wildman–Crippen LogP) is 2.76. The summed E-state index contributed by atoms with van der Waals surface area (Å²) in [5.41, 5.74) is 0.303. The van der Waals surface area contributed by atoms with Crippen molar-refractivity contribution in [3.05, 3.63) is 11.3 Å². The Morgan fingerprint density at radius 3 is 2.11 bits per heavy atom. The molecule has 0 heterocycles. The number of hydrogen-bond donors (Lipinski definition) is 1. The van der Waals surface area contributed by atoms with E-state index in [1.54, 1.807) is 34.6 Å². The molecule has 0 rings (SSSR count). The maximum atomic E-state index is 11.7. The number of nitrogens with one attached hydrogen (secondary N) is 1. The second-order valence-electron chi connectivity index (χ2n) is 4.86. The highest BCUT2D eigenvalue weighted by molar-refractivity contribution is 5.93. The van der Waals surface area contributed by atoms with Crippen LogP contribution in [-0.2, 0) is 14.3 Å². The zero-order valence-corrected chi connectivity index (χ0v) is 12.0. The summed E-state index contributed by atoms with van der Waals surface area (Å²) in [5, 5.41) is 2.45. The number of carbonyl (C=O) groups excluding carboxylic acids is 2. The molecule has 104 valence electrons. The van der Waals surface area contributed by atoms with Crippen molar-refractivity contribution in [2.45, 2.75) is 53.6 Å². The molecule has 0 saturated carbocycles. The highest BCUT2D eigenvalue weighted by Crippen LogP contribution is 2.11. The summed E-state index contributed by atoms with van der Waals surface area (Å²) in [6.45, 7) is 10.9. The lowest BCUT2D eigenvalue weighted by molar-refractivity contribution is -0.139. The van der Waals surface area contributed by atoms with Crippen LogP contribution in [0.25, 0.3) is 0 Å². The number of allylic oxidation sites excluding steroid dienone is 1. The first kappa shape index (κ1) is 16.5. The second kappa shape index (κ2) is 7.03. The number of rotatable bonds is 4. The predicted molar refractivity (Wildman–Crippen MR) is 69.0 cm³/mol. The lowest BCUT2D eigenvalue weighted by Gasteiger charge is -2.20. The third-order valence-electron chi connectivity index (χ3n) is 2.06. The van der Waals surface area contributed by atoms with Gasteiger partial charge in [-0.1, -0.05) is 6.92 Å². The molecule has 0 aliphatic heterocycles. The van der Waals surface area contributed by atoms with Gasteiger partial charge in [-0.15, -0.1) is 0 Å². The van der Waals surface area contributed by atoms with E-state index in [0.717, 1.165) is 5.57 Å². The van der Waals surface area contributed by atoms with Crippen LogP contribution in [0.2, 0.25) is 0 Å². The number of alkyl carbamates (subject to hydrolysis) is 1. The van der Waals surface area contributed by atoms with E-state index in [2.05, 4.69) is 5.32 Å². The third kappa shape index (κ3) is 6.27. The van der Waals surface area contributed by atoms with Gasteiger partial charge in [0.2, 0.25) is 0 Å². The van der Waals surface area contributed by atoms with E-state index in [9.17, 15) is 9.59 Å². The van der Waals surface area contributed by atoms with Crippen molar-refractivity contribution in [2.24, 2.45) is 0 Å². The number of ether oxygens (including phenoxy) is 2. The van der Waals surface area contributed by atoms with Crippen LogP contribution in [-0.4, -0.2) is 24.3 Å². The van der Waals surface area contributed by atoms with Gasteiger partial charge in [0.05, 0.1) is 6.61 Å². The minimum Gasteiger partial charge on any atom is -0.461 e. The Kier molecular flexibility index (Phi) is 6.44. The number of amides is 1. The van der Waals surface area contributed by atoms with E-state index in [4.69, 9.17) is 9.47 Å². The number of esters is 1. The van der Waals surface area contributed by atoms with E-state index in [1.165, 1.54) is 0 Å². The molecule has 0 bridgehead atoms. The Morgan fingerprint density at radius 1 is 1.17 bits per heavy atom. The van der Waals surface area contributed by atoms with Gasteiger partial charge in [0.25, 0.3) is 0 Å². The maximum absolute atomic E-state index is 11.7. The topological polar surface area (TPSA) is 64.6 Å². The fourth-order valence-electron chi connectivity index (χ4n) is 1.12. The third-order valence-corrected chi connectivity index (χ3v) is 2.06. The molecular formula is C13H23NO4. The van der Waals surface area contributed by atoms with Crippen molar-refractivity contribution in [2.75, 3.05) is 6.61 Å². The Balaban J connectivity index is 4.83. The van der Waals surface area contributed by atoms with E-state index in [0.29, 0.717) is 6.42 Å². The van der Waals surface area contributed by atoms with Crippen LogP contribution in [0.3, 0.4) is 0 Å². The summed E-state index contributed by atoms with van der Waals surface area (Å²) in [4.78, 5) is 23.3. The first-order valence-corrected chi connectivity index (χ1v) is 6.08. The van der Waals surface area contributed by atoms with Crippen molar-refractivity contribution < 1.29 is 19.1 Å². The van der Waals surface area contributed by atoms with Gasteiger partial charge in [-0.3, -0.25) is 5.32 Å². The maximum Gasteiger partial charge on any atom is 0.412 e. The molecule has 0 saturated heterocycles. The zero-order valence-electron chi connectivity index (χ0n) is 12.0. The van der Waals surface area contributed by atoms with Gasteiger partial charge in [-0.05, 0) is 46.6 Å². The van der Waals surface area contributed by atoms with E-state index in [1.807, 2.05) is 6.92 Å². The average Bonchev–Trinajstić information content (AvgIpc) is 2.22. The molecule has 0 aromatic rings. The fourth-order valence-corrected chi connectivity index (χ4v) is 1.12. The fraction of sp³-hybridized carbons (Fsp3) is 0.692. The van der Waals surface area contributed by atoms with Crippen molar-refractivity contribution in [1.82, 2.24) is 5.32 Å². The zero-order chi connectivity index (χ0) is 14.3. The molecule has 0 spiro atoms. The van der Waals surface area contributed by atoms with Crippen molar-refractivity contribution in [3.63, 3.8) is 0 Å². The lowest BCUT2D eigenvalue weighted by atomic mass is 10.2. The summed E-state index contributed by atoms with van der Waals surface area (Å²) in [6.07, 6.45) is -0.0115. The monoisotopic (exact) mass is 257 g/mol. The van der Waals surface area contributed by atoms with Gasteiger partial charge in [-0.2, -0.15) is 0 Å². The summed E-state index contributed by atoms with van der Waals surface area (Å²) in [5.74, 6) is -0.539. The molecule has 0 unspecified atom stereocenters. The summed E-state index contributed by atoms with van der Waals surface area (Å²) >= 11 is 0. The molecule has 1 N–H and O–H groups in total. The molecule has 0 aromatic carbocycles. The molecule has 5 nitrogen and oxygen atoms in total. The Hall–Kier alpha value is -1.52. The second-order valence-corrected chi connectivity index (χ2v) is 4.86. The highest BCUT2D eigenvalue weighted by atomic mass is 16.6. The van der Waals surface area contributed by atoms with Gasteiger partial charge in [0, 0.05) is 0 Å². The summed E-state index contributed by atoms with van der Waals surface area (Å²) in [7, 11) is 0. The smallest absolute Gasteiger partial charge is 0.412 e. The first-order valence-electron chi connectivity index (χ1n) is 6.08. The van der Waals surface area contributed by atoms with E-state index < -0.39 is 17.7 Å². The van der Waals surface area contributed by atoms with Gasteiger partial charge >= 0.3 is 12.1 Å². The number of carbonyl (C=O) groups is 2. The molecule has 18 heavy (non-hydrogen) atoms. The molecule has 0 aliphatic rings.